The summed E-state index contributed by atoms with van der Waals surface area (Å²) in [6.07, 6.45) is 4.30. The molecule has 0 radical (unpaired) electrons. The summed E-state index contributed by atoms with van der Waals surface area (Å²) in [5, 5.41) is 6.83. The number of allylic oxidation sites excluding steroid dienone is 1. The van der Waals surface area contributed by atoms with Crippen LogP contribution in [-0.2, 0) is 0 Å². The van der Waals surface area contributed by atoms with E-state index in [-0.39, 0.29) is 5.92 Å². The van der Waals surface area contributed by atoms with E-state index in [9.17, 15) is 0 Å². The lowest BCUT2D eigenvalue weighted by Gasteiger charge is -2.25. The van der Waals surface area contributed by atoms with Crippen LogP contribution in [-0.4, -0.2) is 0 Å². The summed E-state index contributed by atoms with van der Waals surface area (Å²) in [5.74, 6) is 0.0650. The highest BCUT2D eigenvalue weighted by Crippen LogP contribution is 2.50. The number of hydrogen-bond donors (Lipinski definition) is 0. The molecule has 8 rings (SSSR count). The van der Waals surface area contributed by atoms with Gasteiger partial charge >= 0.3 is 22.9 Å². The Bertz CT molecular complexity index is 2000. The number of aromatic nitrogens is 2. The second-order valence-electron chi connectivity index (χ2n) is 9.23. The van der Waals surface area contributed by atoms with Gasteiger partial charge in [-0.1, -0.05) is 36.4 Å². The molecule has 0 fully saturated rings. The Labute approximate surface area is 220 Å². The monoisotopic (exact) mass is 578 g/mol. The lowest BCUT2D eigenvalue weighted by Crippen LogP contribution is -2.38. The molecule has 0 amide bonds. The average molecular weight is 578 g/mol. The van der Waals surface area contributed by atoms with Crippen LogP contribution in [0.3, 0.4) is 0 Å². The number of fused-ring (bicyclic) bond motifs is 1. The fourth-order valence-corrected chi connectivity index (χ4v) is 7.89. The van der Waals surface area contributed by atoms with E-state index >= 15 is 0 Å². The van der Waals surface area contributed by atoms with Crippen LogP contribution in [0.1, 0.15) is 17.0 Å². The van der Waals surface area contributed by atoms with E-state index in [0.29, 0.717) is 0 Å². The topological polar surface area (TPSA) is 7.76 Å². The number of hydrogen-bond acceptors (Lipinski definition) is 1. The van der Waals surface area contributed by atoms with Crippen molar-refractivity contribution >= 4 is 81.7 Å². The average Bonchev–Trinajstić information content (AvgIpc) is 3.28. The zero-order valence-electron chi connectivity index (χ0n) is 18.7. The molecule has 0 N–H and O–H groups in total. The van der Waals surface area contributed by atoms with Crippen molar-refractivity contribution in [2.24, 2.45) is 0 Å². The van der Waals surface area contributed by atoms with E-state index in [2.05, 4.69) is 128 Å². The Morgan fingerprint density at radius 1 is 0.686 bits per heavy atom. The first-order valence-corrected chi connectivity index (χ1v) is 13.5. The van der Waals surface area contributed by atoms with Gasteiger partial charge in [0.15, 0.2) is 18.1 Å². The molecule has 1 atom stereocenters. The van der Waals surface area contributed by atoms with Gasteiger partial charge in [0.1, 0.15) is 0 Å². The summed E-state index contributed by atoms with van der Waals surface area (Å²) in [4.78, 5) is 0. The molecule has 4 heteroatoms. The Kier molecular flexibility index (Phi) is 4.03. The molecule has 1 aliphatic heterocycles. The number of thiophene rings is 1. The number of rotatable bonds is 2. The number of pyridine rings is 2. The Balaban J connectivity index is 1.55. The molecule has 0 saturated carbocycles. The van der Waals surface area contributed by atoms with Gasteiger partial charge in [-0.3, -0.25) is 0 Å². The summed E-state index contributed by atoms with van der Waals surface area (Å²) >= 11 is 4.28. The predicted molar refractivity (Wildman–Crippen MR) is 154 cm³/mol. The van der Waals surface area contributed by atoms with Gasteiger partial charge in [-0.2, -0.15) is 4.57 Å². The smallest absolute Gasteiger partial charge is 0.163 e. The molecule has 4 aromatic carbocycles. The van der Waals surface area contributed by atoms with Gasteiger partial charge in [-0.05, 0) is 53.4 Å². The van der Waals surface area contributed by atoms with Crippen molar-refractivity contribution in [1.29, 1.82) is 0 Å². The lowest BCUT2D eigenvalue weighted by molar-refractivity contribution is -0.555. The number of benzene rings is 4. The first-order valence-electron chi connectivity index (χ1n) is 11.7. The maximum Gasteiger partial charge on any atom is 0.354 e. The van der Waals surface area contributed by atoms with Gasteiger partial charge in [0.2, 0.25) is 11.2 Å². The van der Waals surface area contributed by atoms with Crippen molar-refractivity contribution in [2.45, 2.75) is 5.92 Å². The number of halogens is 1. The maximum absolute atomic E-state index is 4.70. The molecule has 0 spiro atoms. The molecule has 0 bridgehead atoms. The summed E-state index contributed by atoms with van der Waals surface area (Å²) in [6, 6.07) is 31.1. The Morgan fingerprint density at radius 2 is 1.51 bits per heavy atom. The highest BCUT2D eigenvalue weighted by Gasteiger charge is 2.38. The maximum atomic E-state index is 4.70. The standard InChI is InChI=1S/C31H19IN2S/c1-18-27(20-9-3-2-8-19(20)24-12-4-5-17-34(24)32)23-14-15-26-30-28-21(10-6-13-25(28)35-26)22-11-7-16-33(18)31(22)29(23)30/h2-17,27H,1H2/q+2. The third kappa shape index (κ3) is 2.53. The molecule has 164 valence electrons. The highest BCUT2D eigenvalue weighted by molar-refractivity contribution is 14.1. The quantitative estimate of drug-likeness (QED) is 0.112. The molecule has 35 heavy (non-hydrogen) atoms. The summed E-state index contributed by atoms with van der Waals surface area (Å²) in [5.41, 5.74) is 7.47. The van der Waals surface area contributed by atoms with Gasteiger partial charge in [0.25, 0.3) is 0 Å². The first kappa shape index (κ1) is 19.9. The van der Waals surface area contributed by atoms with E-state index in [1.165, 1.54) is 64.2 Å². The van der Waals surface area contributed by atoms with Crippen LogP contribution in [0.25, 0.3) is 58.8 Å². The Morgan fingerprint density at radius 3 is 2.43 bits per heavy atom. The van der Waals surface area contributed by atoms with E-state index in [1.807, 2.05) is 11.3 Å². The van der Waals surface area contributed by atoms with Crippen LogP contribution in [0, 0.1) is 0 Å². The molecule has 0 saturated heterocycles. The van der Waals surface area contributed by atoms with Crippen LogP contribution in [0.5, 0.6) is 0 Å². The second kappa shape index (κ2) is 7.09. The van der Waals surface area contributed by atoms with Crippen LogP contribution < -0.4 is 7.35 Å². The van der Waals surface area contributed by atoms with E-state index in [0.717, 1.165) is 5.70 Å². The molecule has 3 aromatic heterocycles. The van der Waals surface area contributed by atoms with Crippen LogP contribution >= 0.6 is 34.2 Å². The van der Waals surface area contributed by atoms with Crippen molar-refractivity contribution < 1.29 is 7.35 Å². The van der Waals surface area contributed by atoms with E-state index < -0.39 is 0 Å². The third-order valence-corrected chi connectivity index (χ3v) is 9.49. The van der Waals surface area contributed by atoms with Gasteiger partial charge in [-0.25, -0.2) is 0 Å². The zero-order valence-corrected chi connectivity index (χ0v) is 21.7. The highest BCUT2D eigenvalue weighted by atomic mass is 127. The zero-order chi connectivity index (χ0) is 23.3. The molecule has 7 aromatic rings. The molecule has 2 nitrogen and oxygen atoms in total. The molecule has 4 heterocycles. The minimum Gasteiger partial charge on any atom is -0.163 e. The van der Waals surface area contributed by atoms with Gasteiger partial charge < -0.3 is 0 Å². The molecule has 1 unspecified atom stereocenters. The van der Waals surface area contributed by atoms with Crippen LogP contribution in [0.2, 0.25) is 0 Å². The lowest BCUT2D eigenvalue weighted by atomic mass is 9.79. The Hall–Kier alpha value is -3.35. The fraction of sp³-hybridized carbons (Fsp3) is 0.0323. The van der Waals surface area contributed by atoms with Gasteiger partial charge in [0.05, 0.1) is 22.3 Å². The van der Waals surface area contributed by atoms with Crippen molar-refractivity contribution in [3.05, 3.63) is 115 Å². The molecular weight excluding hydrogens is 559 g/mol. The molecular formula is C31H19IN2S+2. The minimum atomic E-state index is 0.0650. The minimum absolute atomic E-state index is 0.0650. The van der Waals surface area contributed by atoms with Crippen molar-refractivity contribution in [3.63, 3.8) is 0 Å². The number of nitrogens with zero attached hydrogens (tertiary/aromatic N) is 2. The normalized spacial score (nSPS) is 15.3. The third-order valence-electron chi connectivity index (χ3n) is 7.53. The SMILES string of the molecule is C=C1C(c2ccccc2-c2cccc[n+]2I)c2ccc3sc4cccc5c6ccc[n+]1c6c2c3c45. The fourth-order valence-electron chi connectivity index (χ4n) is 6.14. The van der Waals surface area contributed by atoms with Gasteiger partial charge in [-0.15, -0.1) is 14.1 Å². The van der Waals surface area contributed by atoms with Crippen molar-refractivity contribution in [2.75, 3.05) is 0 Å². The van der Waals surface area contributed by atoms with Crippen molar-refractivity contribution in [3.8, 4) is 11.3 Å². The van der Waals surface area contributed by atoms with Gasteiger partial charge in [0, 0.05) is 38.4 Å². The predicted octanol–water partition coefficient (Wildman–Crippen LogP) is 7.86. The van der Waals surface area contributed by atoms with Crippen LogP contribution in [0.15, 0.2) is 104 Å². The second-order valence-corrected chi connectivity index (χ2v) is 11.4. The molecule has 1 aliphatic rings. The summed E-state index contributed by atoms with van der Waals surface area (Å²) in [7, 11) is 0. The van der Waals surface area contributed by atoms with Crippen LogP contribution in [0.4, 0.5) is 0 Å². The summed E-state index contributed by atoms with van der Waals surface area (Å²) < 4.78 is 7.25. The first-order chi connectivity index (χ1) is 17.2. The van der Waals surface area contributed by atoms with Crippen molar-refractivity contribution in [1.82, 2.24) is 0 Å². The summed E-state index contributed by atoms with van der Waals surface area (Å²) in [6.45, 7) is 4.70. The van der Waals surface area contributed by atoms with E-state index in [1.54, 1.807) is 0 Å². The molecule has 0 aliphatic carbocycles. The van der Waals surface area contributed by atoms with E-state index in [4.69, 9.17) is 6.58 Å². The largest absolute Gasteiger partial charge is 0.354 e.